The van der Waals surface area contributed by atoms with E-state index in [4.69, 9.17) is 23.2 Å². The number of hydrogen-bond donors (Lipinski definition) is 0. The molecule has 36 heavy (non-hydrogen) atoms. The second-order valence-corrected chi connectivity index (χ2v) is 12.3. The normalized spacial score (nSPS) is 11.6. The lowest BCUT2D eigenvalue weighted by Crippen LogP contribution is -3.00. The van der Waals surface area contributed by atoms with E-state index in [0.29, 0.717) is 0 Å². The first kappa shape index (κ1) is 35.9. The molecule has 0 aromatic heterocycles. The Morgan fingerprint density at radius 2 is 0.694 bits per heavy atom. The van der Waals surface area contributed by atoms with E-state index in [0.717, 1.165) is 32.1 Å². The predicted molar refractivity (Wildman–Crippen MR) is 150 cm³/mol. The third-order valence-electron chi connectivity index (χ3n) is 6.82. The highest BCUT2D eigenvalue weighted by atomic mass is 79.9. The molecule has 0 amide bonds. The van der Waals surface area contributed by atoms with Gasteiger partial charge in [0.15, 0.2) is 0 Å². The molecule has 0 aliphatic carbocycles. The first-order chi connectivity index (χ1) is 16.2. The van der Waals surface area contributed by atoms with Gasteiger partial charge >= 0.3 is 0 Å². The van der Waals surface area contributed by atoms with Crippen LogP contribution in [0.5, 0.6) is 0 Å². The van der Waals surface area contributed by atoms with Crippen LogP contribution in [0.4, 0.5) is 0 Å². The van der Waals surface area contributed by atoms with E-state index >= 15 is 0 Å². The SMILES string of the molecule is C[N+](C)(CCCCCCCCCCCC[N+](C)(C)Cc1ccc(Cl)cc1)Cc1ccc(Cl)cc1.[Br-].[Br-]. The number of halogens is 4. The molecule has 2 aromatic carbocycles. The van der Waals surface area contributed by atoms with Gasteiger partial charge in [-0.15, -0.1) is 0 Å². The molecule has 0 spiro atoms. The van der Waals surface area contributed by atoms with Crippen molar-refractivity contribution in [1.82, 2.24) is 0 Å². The van der Waals surface area contributed by atoms with Gasteiger partial charge < -0.3 is 42.9 Å². The Morgan fingerprint density at radius 3 is 0.972 bits per heavy atom. The van der Waals surface area contributed by atoms with Crippen molar-refractivity contribution in [2.75, 3.05) is 41.3 Å². The molecule has 6 heteroatoms. The third kappa shape index (κ3) is 16.7. The van der Waals surface area contributed by atoms with Crippen LogP contribution in [-0.4, -0.2) is 50.2 Å². The fourth-order valence-electron chi connectivity index (χ4n) is 4.82. The van der Waals surface area contributed by atoms with Crippen LogP contribution >= 0.6 is 23.2 Å². The number of rotatable bonds is 17. The topological polar surface area (TPSA) is 0 Å². The molecular formula is C30H48Br2Cl2N2. The largest absolute Gasteiger partial charge is 1.00 e. The average Bonchev–Trinajstić information content (AvgIpc) is 2.77. The van der Waals surface area contributed by atoms with Crippen molar-refractivity contribution in [1.29, 1.82) is 0 Å². The van der Waals surface area contributed by atoms with Crippen LogP contribution in [0.15, 0.2) is 48.5 Å². The summed E-state index contributed by atoms with van der Waals surface area (Å²) in [7, 11) is 9.36. The fraction of sp³-hybridized carbons (Fsp3) is 0.600. The molecule has 2 rings (SSSR count). The maximum atomic E-state index is 6.00. The van der Waals surface area contributed by atoms with Gasteiger partial charge in [0, 0.05) is 21.2 Å². The van der Waals surface area contributed by atoms with E-state index in [9.17, 15) is 0 Å². The number of hydrogen-bond acceptors (Lipinski definition) is 0. The van der Waals surface area contributed by atoms with Gasteiger partial charge in [0.05, 0.1) is 41.3 Å². The Kier molecular flexibility index (Phi) is 19.0. The van der Waals surface area contributed by atoms with Crippen LogP contribution in [0.3, 0.4) is 0 Å². The van der Waals surface area contributed by atoms with Gasteiger partial charge in [-0.3, -0.25) is 0 Å². The van der Waals surface area contributed by atoms with Gasteiger partial charge in [0.1, 0.15) is 13.1 Å². The summed E-state index contributed by atoms with van der Waals surface area (Å²) in [6.45, 7) is 4.65. The molecule has 0 fully saturated rings. The Bertz CT molecular complexity index is 739. The zero-order chi connectivity index (χ0) is 24.9. The van der Waals surface area contributed by atoms with Crippen molar-refractivity contribution in [3.8, 4) is 0 Å². The summed E-state index contributed by atoms with van der Waals surface area (Å²) in [4.78, 5) is 0. The molecular weight excluding hydrogens is 619 g/mol. The smallest absolute Gasteiger partial charge is 0.104 e. The number of benzene rings is 2. The summed E-state index contributed by atoms with van der Waals surface area (Å²) >= 11 is 12.0. The second kappa shape index (κ2) is 19.0. The van der Waals surface area contributed by atoms with Gasteiger partial charge in [-0.2, -0.15) is 0 Å². The van der Waals surface area contributed by atoms with E-state index in [1.54, 1.807) is 0 Å². The molecule has 0 saturated carbocycles. The van der Waals surface area contributed by atoms with Crippen LogP contribution in [0, 0.1) is 0 Å². The lowest BCUT2D eigenvalue weighted by molar-refractivity contribution is -0.903. The highest BCUT2D eigenvalue weighted by molar-refractivity contribution is 6.30. The summed E-state index contributed by atoms with van der Waals surface area (Å²) in [6.07, 6.45) is 13.8. The molecule has 0 saturated heterocycles. The zero-order valence-electron chi connectivity index (χ0n) is 22.9. The van der Waals surface area contributed by atoms with Crippen molar-refractivity contribution < 1.29 is 42.9 Å². The molecule has 2 nitrogen and oxygen atoms in total. The zero-order valence-corrected chi connectivity index (χ0v) is 27.6. The Balaban J connectivity index is 0.00000612. The van der Waals surface area contributed by atoms with Crippen molar-refractivity contribution in [3.63, 3.8) is 0 Å². The molecule has 0 aliphatic heterocycles. The lowest BCUT2D eigenvalue weighted by atomic mass is 10.1. The minimum atomic E-state index is 0. The summed E-state index contributed by atoms with van der Waals surface area (Å²) in [6, 6.07) is 16.6. The van der Waals surface area contributed by atoms with E-state index < -0.39 is 0 Å². The highest BCUT2D eigenvalue weighted by Gasteiger charge is 2.16. The Labute approximate surface area is 253 Å². The minimum Gasteiger partial charge on any atom is -1.00 e. The van der Waals surface area contributed by atoms with Crippen molar-refractivity contribution in [3.05, 3.63) is 69.7 Å². The fourth-order valence-corrected chi connectivity index (χ4v) is 5.07. The van der Waals surface area contributed by atoms with Crippen LogP contribution in [0.25, 0.3) is 0 Å². The monoisotopic (exact) mass is 664 g/mol. The molecule has 206 valence electrons. The van der Waals surface area contributed by atoms with E-state index in [1.165, 1.54) is 88.4 Å². The molecule has 0 atom stereocenters. The van der Waals surface area contributed by atoms with Crippen molar-refractivity contribution >= 4 is 23.2 Å². The van der Waals surface area contributed by atoms with Gasteiger partial charge in [0.25, 0.3) is 0 Å². The summed E-state index contributed by atoms with van der Waals surface area (Å²) in [5, 5.41) is 1.64. The lowest BCUT2D eigenvalue weighted by Gasteiger charge is -2.30. The molecule has 0 bridgehead atoms. The molecule has 0 heterocycles. The van der Waals surface area contributed by atoms with E-state index in [2.05, 4.69) is 52.5 Å². The quantitative estimate of drug-likeness (QED) is 0.180. The Morgan fingerprint density at radius 1 is 0.444 bits per heavy atom. The predicted octanol–water partition coefficient (Wildman–Crippen LogP) is 2.76. The summed E-state index contributed by atoms with van der Waals surface area (Å²) in [5.74, 6) is 0. The number of nitrogens with zero attached hydrogens (tertiary/aromatic N) is 2. The van der Waals surface area contributed by atoms with Crippen LogP contribution in [-0.2, 0) is 13.1 Å². The summed E-state index contributed by atoms with van der Waals surface area (Å²) < 4.78 is 2.10. The highest BCUT2D eigenvalue weighted by Crippen LogP contribution is 2.17. The first-order valence-electron chi connectivity index (χ1n) is 13.3. The molecule has 2 aromatic rings. The van der Waals surface area contributed by atoms with Crippen LogP contribution < -0.4 is 34.0 Å². The average molecular weight is 667 g/mol. The molecule has 0 unspecified atom stereocenters. The van der Waals surface area contributed by atoms with Gasteiger partial charge in [-0.1, -0.05) is 86.0 Å². The van der Waals surface area contributed by atoms with Gasteiger partial charge in [-0.25, -0.2) is 0 Å². The standard InChI is InChI=1S/C30H48Cl2N2.2BrH/c1-33(2,25-27-15-19-29(31)20-16-27)23-13-11-9-7-5-6-8-10-12-14-24-34(3,4)26-28-17-21-30(32)22-18-28;;/h15-22H,5-14,23-26H2,1-4H3;2*1H/q+2;;/p-2. The second-order valence-electron chi connectivity index (χ2n) is 11.4. The van der Waals surface area contributed by atoms with E-state index in [-0.39, 0.29) is 34.0 Å². The van der Waals surface area contributed by atoms with Crippen molar-refractivity contribution in [2.45, 2.75) is 77.3 Å². The first-order valence-corrected chi connectivity index (χ1v) is 14.0. The minimum absolute atomic E-state index is 0. The maximum Gasteiger partial charge on any atom is 0.104 e. The van der Waals surface area contributed by atoms with Crippen LogP contribution in [0.1, 0.15) is 75.3 Å². The Hall–Kier alpha value is -0.100. The van der Waals surface area contributed by atoms with Crippen LogP contribution in [0.2, 0.25) is 10.0 Å². The third-order valence-corrected chi connectivity index (χ3v) is 7.33. The number of quaternary nitrogens is 2. The van der Waals surface area contributed by atoms with E-state index in [1.807, 2.05) is 24.3 Å². The molecule has 0 radical (unpaired) electrons. The van der Waals surface area contributed by atoms with Gasteiger partial charge in [-0.05, 0) is 49.9 Å². The van der Waals surface area contributed by atoms with Crippen molar-refractivity contribution in [2.24, 2.45) is 0 Å². The van der Waals surface area contributed by atoms with Gasteiger partial charge in [0.2, 0.25) is 0 Å². The summed E-state index contributed by atoms with van der Waals surface area (Å²) in [5.41, 5.74) is 2.75. The molecule has 0 aliphatic rings. The number of unbranched alkanes of at least 4 members (excludes halogenated alkanes) is 9. The maximum absolute atomic E-state index is 6.00. The molecule has 0 N–H and O–H groups in total.